The van der Waals surface area contributed by atoms with Gasteiger partial charge in [-0.1, -0.05) is 0 Å². The summed E-state index contributed by atoms with van der Waals surface area (Å²) >= 11 is 0. The van der Waals surface area contributed by atoms with Gasteiger partial charge in [-0.2, -0.15) is 0 Å². The van der Waals surface area contributed by atoms with Gasteiger partial charge in [0.05, 0.1) is 5.60 Å². The van der Waals surface area contributed by atoms with E-state index < -0.39 is 0 Å². The predicted octanol–water partition coefficient (Wildman–Crippen LogP) is 0.123. The van der Waals surface area contributed by atoms with Crippen LogP contribution in [0.15, 0.2) is 0 Å². The van der Waals surface area contributed by atoms with Crippen molar-refractivity contribution in [3.63, 3.8) is 0 Å². The Bertz CT molecular complexity index is 80.1. The molecule has 1 saturated carbocycles. The lowest BCUT2D eigenvalue weighted by Crippen LogP contribution is -2.17. The van der Waals surface area contributed by atoms with E-state index in [1.54, 1.807) is 7.11 Å². The molecule has 2 heteroatoms. The second kappa shape index (κ2) is 1.20. The summed E-state index contributed by atoms with van der Waals surface area (Å²) in [4.78, 5) is 0. The van der Waals surface area contributed by atoms with Crippen LogP contribution >= 0.6 is 0 Å². The van der Waals surface area contributed by atoms with Crippen LogP contribution in [0.25, 0.3) is 0 Å². The molecule has 0 aromatic heterocycles. The van der Waals surface area contributed by atoms with Crippen molar-refractivity contribution in [2.45, 2.75) is 25.0 Å². The van der Waals surface area contributed by atoms with Crippen molar-refractivity contribution in [2.24, 2.45) is 5.73 Å². The maximum absolute atomic E-state index is 5.49. The van der Waals surface area contributed by atoms with E-state index in [9.17, 15) is 0 Å². The lowest BCUT2D eigenvalue weighted by atomic mass is 10.4. The predicted molar refractivity (Wildman–Crippen MR) is 28.0 cm³/mol. The fourth-order valence-electron chi connectivity index (χ4n) is 0.612. The molecule has 2 N–H and O–H groups in total. The minimum absolute atomic E-state index is 0.0278. The van der Waals surface area contributed by atoms with Crippen LogP contribution in [0.5, 0.6) is 0 Å². The molecule has 0 bridgehead atoms. The van der Waals surface area contributed by atoms with Gasteiger partial charge in [0, 0.05) is 13.2 Å². The van der Waals surface area contributed by atoms with Crippen molar-refractivity contribution in [1.82, 2.24) is 0 Å². The Hall–Kier alpha value is -0.0800. The Labute approximate surface area is 43.6 Å². The third-order valence-electron chi connectivity index (χ3n) is 1.72. The lowest BCUT2D eigenvalue weighted by Gasteiger charge is -2.03. The summed E-state index contributed by atoms with van der Waals surface area (Å²) in [7, 11) is 1.70. The van der Waals surface area contributed by atoms with Crippen LogP contribution in [-0.4, -0.2) is 18.8 Å². The van der Waals surface area contributed by atoms with Crippen molar-refractivity contribution in [2.75, 3.05) is 7.11 Å². The highest BCUT2D eigenvalue weighted by Gasteiger charge is 2.47. The zero-order valence-corrected chi connectivity index (χ0v) is 4.77. The molecule has 0 amide bonds. The maximum Gasteiger partial charge on any atom is 0.0817 e. The van der Waals surface area contributed by atoms with Gasteiger partial charge in [0.25, 0.3) is 0 Å². The molecule has 0 saturated heterocycles. The molecular formula is C5H11NO. The monoisotopic (exact) mass is 101 g/mol. The lowest BCUT2D eigenvalue weighted by molar-refractivity contribution is 0.0917. The standard InChI is InChI=1S/C5H11NO/c1-5(7-2)3-4(5)6/h4H,3,6H2,1-2H3. The highest BCUT2D eigenvalue weighted by molar-refractivity contribution is 5.05. The molecule has 0 spiro atoms. The van der Waals surface area contributed by atoms with Crippen LogP contribution in [0.3, 0.4) is 0 Å². The molecule has 1 rings (SSSR count). The maximum atomic E-state index is 5.49. The van der Waals surface area contributed by atoms with Gasteiger partial charge in [-0.15, -0.1) is 0 Å². The van der Waals surface area contributed by atoms with Crippen LogP contribution < -0.4 is 5.73 Å². The van der Waals surface area contributed by atoms with Crippen molar-refractivity contribution in [3.05, 3.63) is 0 Å². The first-order chi connectivity index (χ1) is 3.19. The molecular weight excluding hydrogens is 90.1 g/mol. The van der Waals surface area contributed by atoms with E-state index in [4.69, 9.17) is 10.5 Å². The minimum atomic E-state index is 0.0278. The largest absolute Gasteiger partial charge is 0.377 e. The summed E-state index contributed by atoms with van der Waals surface area (Å²) in [6, 6.07) is 0.289. The fourth-order valence-corrected chi connectivity index (χ4v) is 0.612. The highest BCUT2D eigenvalue weighted by Crippen LogP contribution is 2.36. The Balaban J connectivity index is 2.36. The number of methoxy groups -OCH3 is 1. The van der Waals surface area contributed by atoms with E-state index in [-0.39, 0.29) is 11.6 Å². The van der Waals surface area contributed by atoms with Gasteiger partial charge in [0.2, 0.25) is 0 Å². The zero-order valence-electron chi connectivity index (χ0n) is 4.77. The summed E-state index contributed by atoms with van der Waals surface area (Å²) in [5, 5.41) is 0. The second-order valence-corrected chi connectivity index (χ2v) is 2.33. The van der Waals surface area contributed by atoms with Crippen molar-refractivity contribution >= 4 is 0 Å². The van der Waals surface area contributed by atoms with Crippen molar-refractivity contribution in [3.8, 4) is 0 Å². The molecule has 2 unspecified atom stereocenters. The normalized spacial score (nSPS) is 49.3. The van der Waals surface area contributed by atoms with Gasteiger partial charge in [0.15, 0.2) is 0 Å². The third kappa shape index (κ3) is 0.640. The Morgan fingerprint density at radius 3 is 2.29 bits per heavy atom. The fraction of sp³-hybridized carbons (Fsp3) is 1.00. The van der Waals surface area contributed by atoms with Crippen LogP contribution in [-0.2, 0) is 4.74 Å². The van der Waals surface area contributed by atoms with Crippen molar-refractivity contribution in [1.29, 1.82) is 0 Å². The SMILES string of the molecule is COC1(C)CC1N. The topological polar surface area (TPSA) is 35.2 Å². The van der Waals surface area contributed by atoms with Gasteiger partial charge in [0.1, 0.15) is 0 Å². The van der Waals surface area contributed by atoms with E-state index >= 15 is 0 Å². The van der Waals surface area contributed by atoms with Crippen LogP contribution in [0.4, 0.5) is 0 Å². The Kier molecular flexibility index (Phi) is 0.869. The highest BCUT2D eigenvalue weighted by atomic mass is 16.5. The van der Waals surface area contributed by atoms with E-state index in [1.165, 1.54) is 0 Å². The average molecular weight is 101 g/mol. The second-order valence-electron chi connectivity index (χ2n) is 2.33. The molecule has 1 aliphatic rings. The van der Waals surface area contributed by atoms with E-state index in [1.807, 2.05) is 6.92 Å². The van der Waals surface area contributed by atoms with Gasteiger partial charge in [-0.05, 0) is 13.3 Å². The van der Waals surface area contributed by atoms with Crippen LogP contribution in [0.2, 0.25) is 0 Å². The number of nitrogens with two attached hydrogens (primary N) is 1. The molecule has 0 aliphatic heterocycles. The minimum Gasteiger partial charge on any atom is -0.377 e. The summed E-state index contributed by atoms with van der Waals surface area (Å²) in [6.45, 7) is 2.03. The van der Waals surface area contributed by atoms with E-state index in [0.717, 1.165) is 6.42 Å². The van der Waals surface area contributed by atoms with Crippen LogP contribution in [0, 0.1) is 0 Å². The first kappa shape index (κ1) is 5.06. The summed E-state index contributed by atoms with van der Waals surface area (Å²) in [6.07, 6.45) is 1.02. The molecule has 2 nitrogen and oxygen atoms in total. The van der Waals surface area contributed by atoms with Gasteiger partial charge in [-0.25, -0.2) is 0 Å². The molecule has 0 heterocycles. The van der Waals surface area contributed by atoms with Gasteiger partial charge < -0.3 is 10.5 Å². The molecule has 7 heavy (non-hydrogen) atoms. The Morgan fingerprint density at radius 2 is 2.29 bits per heavy atom. The molecule has 0 aromatic rings. The Morgan fingerprint density at radius 1 is 1.86 bits per heavy atom. The van der Waals surface area contributed by atoms with E-state index in [2.05, 4.69) is 0 Å². The summed E-state index contributed by atoms with van der Waals surface area (Å²) in [5.74, 6) is 0. The molecule has 1 fully saturated rings. The number of hydrogen-bond donors (Lipinski definition) is 1. The zero-order chi connectivity index (χ0) is 5.49. The molecule has 0 radical (unpaired) electrons. The van der Waals surface area contributed by atoms with Crippen molar-refractivity contribution < 1.29 is 4.74 Å². The smallest absolute Gasteiger partial charge is 0.0817 e. The van der Waals surface area contributed by atoms with Gasteiger partial charge >= 0.3 is 0 Å². The molecule has 0 aromatic carbocycles. The van der Waals surface area contributed by atoms with Gasteiger partial charge in [-0.3, -0.25) is 0 Å². The quantitative estimate of drug-likeness (QED) is 0.509. The molecule has 1 aliphatic carbocycles. The summed E-state index contributed by atoms with van der Waals surface area (Å²) < 4.78 is 5.04. The average Bonchev–Trinajstić information content (AvgIpc) is 2.18. The third-order valence-corrected chi connectivity index (χ3v) is 1.72. The number of rotatable bonds is 1. The molecule has 42 valence electrons. The number of hydrogen-bond acceptors (Lipinski definition) is 2. The first-order valence-electron chi connectivity index (χ1n) is 2.50. The summed E-state index contributed by atoms with van der Waals surface area (Å²) in [5.41, 5.74) is 5.51. The number of ether oxygens (including phenoxy) is 1. The van der Waals surface area contributed by atoms with E-state index in [0.29, 0.717) is 0 Å². The first-order valence-corrected chi connectivity index (χ1v) is 2.50. The molecule has 2 atom stereocenters. The van der Waals surface area contributed by atoms with Crippen LogP contribution in [0.1, 0.15) is 13.3 Å².